The molecule has 1 aromatic carbocycles. The summed E-state index contributed by atoms with van der Waals surface area (Å²) < 4.78 is 30.2. The number of carboxylic acids is 1. The van der Waals surface area contributed by atoms with Gasteiger partial charge < -0.3 is 5.11 Å². The summed E-state index contributed by atoms with van der Waals surface area (Å²) in [6.45, 7) is 0. The standard InChI is InChI=1S/C8H8O5S.Na.H/c9-8(10)7(14(11,12)13)6-4-2-1-3-5-6;;/h1-5,7H,(H,9,10)(H,11,12,13);;. The van der Waals surface area contributed by atoms with E-state index in [4.69, 9.17) is 9.66 Å². The van der Waals surface area contributed by atoms with Gasteiger partial charge in [-0.1, -0.05) is 30.3 Å². The quantitative estimate of drug-likeness (QED) is 0.575. The van der Waals surface area contributed by atoms with Gasteiger partial charge in [0.1, 0.15) is 0 Å². The molecule has 0 saturated carbocycles. The summed E-state index contributed by atoms with van der Waals surface area (Å²) in [7, 11) is -4.62. The van der Waals surface area contributed by atoms with E-state index in [2.05, 4.69) is 0 Å². The van der Waals surface area contributed by atoms with E-state index in [0.29, 0.717) is 0 Å². The summed E-state index contributed by atoms with van der Waals surface area (Å²) in [5.74, 6) is -1.60. The van der Waals surface area contributed by atoms with Crippen molar-refractivity contribution in [2.75, 3.05) is 0 Å². The van der Waals surface area contributed by atoms with Crippen LogP contribution < -0.4 is 0 Å². The van der Waals surface area contributed by atoms with E-state index in [1.54, 1.807) is 6.07 Å². The van der Waals surface area contributed by atoms with E-state index in [1.165, 1.54) is 24.3 Å². The molecule has 0 aliphatic carbocycles. The molecule has 0 amide bonds. The molecule has 1 unspecified atom stereocenters. The van der Waals surface area contributed by atoms with Gasteiger partial charge in [-0.3, -0.25) is 9.35 Å². The molecule has 0 aromatic heterocycles. The van der Waals surface area contributed by atoms with Crippen LogP contribution >= 0.6 is 0 Å². The van der Waals surface area contributed by atoms with Crippen LogP contribution in [-0.2, 0) is 14.9 Å². The third kappa shape index (κ3) is 3.92. The van der Waals surface area contributed by atoms with E-state index >= 15 is 0 Å². The van der Waals surface area contributed by atoms with Gasteiger partial charge in [0.05, 0.1) is 0 Å². The molecule has 7 heteroatoms. The molecule has 0 radical (unpaired) electrons. The molecule has 1 rings (SSSR count). The van der Waals surface area contributed by atoms with E-state index in [9.17, 15) is 13.2 Å². The first-order valence-electron chi connectivity index (χ1n) is 3.67. The molecular formula is C8H9NaO5S. The second-order valence-electron chi connectivity index (χ2n) is 2.64. The van der Waals surface area contributed by atoms with Crippen LogP contribution in [0.1, 0.15) is 10.8 Å². The summed E-state index contributed by atoms with van der Waals surface area (Å²) in [5, 5.41) is 6.71. The van der Waals surface area contributed by atoms with E-state index in [0.717, 1.165) is 0 Å². The molecular weight excluding hydrogens is 231 g/mol. The Balaban J connectivity index is 0.00000196. The summed E-state index contributed by atoms with van der Waals surface area (Å²) in [4.78, 5) is 10.6. The second kappa shape index (κ2) is 5.62. The van der Waals surface area contributed by atoms with Crippen LogP contribution in [0.15, 0.2) is 30.3 Å². The van der Waals surface area contributed by atoms with Crippen molar-refractivity contribution in [3.05, 3.63) is 35.9 Å². The zero-order valence-corrected chi connectivity index (χ0v) is 7.81. The molecule has 5 nitrogen and oxygen atoms in total. The molecule has 0 bridgehead atoms. The topological polar surface area (TPSA) is 91.7 Å². The maximum atomic E-state index is 10.7. The second-order valence-corrected chi connectivity index (χ2v) is 4.15. The number of benzene rings is 1. The molecule has 15 heavy (non-hydrogen) atoms. The van der Waals surface area contributed by atoms with Gasteiger partial charge in [0.2, 0.25) is 5.25 Å². The molecule has 2 N–H and O–H groups in total. The van der Waals surface area contributed by atoms with Gasteiger partial charge in [0.25, 0.3) is 10.1 Å². The third-order valence-electron chi connectivity index (χ3n) is 1.62. The van der Waals surface area contributed by atoms with Crippen LogP contribution in [0, 0.1) is 0 Å². The molecule has 1 aromatic rings. The summed E-state index contributed by atoms with van der Waals surface area (Å²) in [6.07, 6.45) is 0. The van der Waals surface area contributed by atoms with Crippen molar-refractivity contribution in [1.82, 2.24) is 0 Å². The Morgan fingerprint density at radius 2 is 1.67 bits per heavy atom. The average Bonchev–Trinajstić information content (AvgIpc) is 2.02. The fraction of sp³-hybridized carbons (Fsp3) is 0.125. The maximum absolute atomic E-state index is 10.7. The first kappa shape index (κ1) is 14.6. The molecule has 0 spiro atoms. The first-order valence-corrected chi connectivity index (χ1v) is 5.17. The number of carboxylic acid groups (broad SMARTS) is 1. The number of hydrogen-bond donors (Lipinski definition) is 2. The molecule has 0 heterocycles. The summed E-state index contributed by atoms with van der Waals surface area (Å²) in [6, 6.07) is 7.26. The van der Waals surface area contributed by atoms with Crippen LogP contribution in [0.3, 0.4) is 0 Å². The minimum atomic E-state index is -4.62. The molecule has 78 valence electrons. The number of aliphatic carboxylic acids is 1. The Hall–Kier alpha value is -0.400. The Bertz CT molecular complexity index is 428. The SMILES string of the molecule is O=C(O)C(c1ccccc1)S(=O)(=O)O.[NaH]. The Morgan fingerprint density at radius 3 is 2.00 bits per heavy atom. The van der Waals surface area contributed by atoms with Crippen molar-refractivity contribution in [2.45, 2.75) is 5.25 Å². The van der Waals surface area contributed by atoms with Gasteiger partial charge in [-0.25, -0.2) is 0 Å². The van der Waals surface area contributed by atoms with Crippen LogP contribution in [0.4, 0.5) is 0 Å². The summed E-state index contributed by atoms with van der Waals surface area (Å²) >= 11 is 0. The molecule has 0 fully saturated rings. The molecule has 0 aliphatic heterocycles. The van der Waals surface area contributed by atoms with Crippen molar-refractivity contribution < 1.29 is 22.9 Å². The normalized spacial score (nSPS) is 12.6. The van der Waals surface area contributed by atoms with Gasteiger partial charge >= 0.3 is 35.5 Å². The third-order valence-corrected chi connectivity index (χ3v) is 2.69. The van der Waals surface area contributed by atoms with Crippen molar-refractivity contribution in [3.63, 3.8) is 0 Å². The van der Waals surface area contributed by atoms with Gasteiger partial charge in [0.15, 0.2) is 0 Å². The van der Waals surface area contributed by atoms with E-state index in [1.807, 2.05) is 0 Å². The Morgan fingerprint density at radius 1 is 1.20 bits per heavy atom. The zero-order valence-electron chi connectivity index (χ0n) is 6.99. The Labute approximate surface area is 109 Å². The van der Waals surface area contributed by atoms with Crippen LogP contribution in [-0.4, -0.2) is 53.6 Å². The fourth-order valence-electron chi connectivity index (χ4n) is 1.07. The Kier molecular flexibility index (Phi) is 5.47. The number of carbonyl (C=O) groups is 1. The van der Waals surface area contributed by atoms with Crippen LogP contribution in [0.2, 0.25) is 0 Å². The average molecular weight is 240 g/mol. The predicted molar refractivity (Wildman–Crippen MR) is 55.5 cm³/mol. The molecule has 0 aliphatic rings. The monoisotopic (exact) mass is 240 g/mol. The molecule has 1 atom stereocenters. The van der Waals surface area contributed by atoms with Gasteiger partial charge in [-0.05, 0) is 5.56 Å². The fourth-order valence-corrected chi connectivity index (χ4v) is 1.83. The summed E-state index contributed by atoms with van der Waals surface area (Å²) in [5.41, 5.74) is 0.0301. The van der Waals surface area contributed by atoms with Gasteiger partial charge in [0, 0.05) is 0 Å². The van der Waals surface area contributed by atoms with Crippen molar-refractivity contribution in [3.8, 4) is 0 Å². The predicted octanol–water partition coefficient (Wildman–Crippen LogP) is 0.0516. The van der Waals surface area contributed by atoms with Crippen LogP contribution in [0.25, 0.3) is 0 Å². The number of rotatable bonds is 3. The van der Waals surface area contributed by atoms with Crippen molar-refractivity contribution >= 4 is 45.6 Å². The van der Waals surface area contributed by atoms with Gasteiger partial charge in [-0.15, -0.1) is 0 Å². The first-order chi connectivity index (χ1) is 6.43. The van der Waals surface area contributed by atoms with Crippen molar-refractivity contribution in [1.29, 1.82) is 0 Å². The minimum absolute atomic E-state index is 0. The van der Waals surface area contributed by atoms with E-state index in [-0.39, 0.29) is 35.1 Å². The molecule has 0 saturated heterocycles. The van der Waals surface area contributed by atoms with Crippen LogP contribution in [0.5, 0.6) is 0 Å². The number of hydrogen-bond acceptors (Lipinski definition) is 3. The van der Waals surface area contributed by atoms with Crippen molar-refractivity contribution in [2.24, 2.45) is 0 Å². The zero-order chi connectivity index (χ0) is 10.8. The van der Waals surface area contributed by atoms with E-state index < -0.39 is 21.3 Å². The van der Waals surface area contributed by atoms with Gasteiger partial charge in [-0.2, -0.15) is 8.42 Å².